The van der Waals surface area contributed by atoms with Crippen molar-refractivity contribution in [2.24, 2.45) is 7.05 Å². The number of rotatable bonds is 5. The fourth-order valence-electron chi connectivity index (χ4n) is 3.96. The topological polar surface area (TPSA) is 95.3 Å². The molecule has 0 saturated heterocycles. The predicted octanol–water partition coefficient (Wildman–Crippen LogP) is 4.53. The highest BCUT2D eigenvalue weighted by Gasteiger charge is 2.31. The number of aromatic nitrogens is 2. The van der Waals surface area contributed by atoms with Crippen LogP contribution in [0.4, 0.5) is 13.2 Å². The van der Waals surface area contributed by atoms with Crippen LogP contribution in [0.5, 0.6) is 5.88 Å². The minimum atomic E-state index is -4.55. The molecule has 0 fully saturated rings. The lowest BCUT2D eigenvalue weighted by Gasteiger charge is -2.15. The quantitative estimate of drug-likeness (QED) is 0.371. The van der Waals surface area contributed by atoms with E-state index >= 15 is 0 Å². The maximum absolute atomic E-state index is 13.5. The van der Waals surface area contributed by atoms with Gasteiger partial charge in [0.1, 0.15) is 5.56 Å². The van der Waals surface area contributed by atoms with Crippen LogP contribution in [0.1, 0.15) is 54.2 Å². The molecule has 0 spiro atoms. The van der Waals surface area contributed by atoms with E-state index in [0.29, 0.717) is 16.7 Å². The van der Waals surface area contributed by atoms with Gasteiger partial charge in [-0.25, -0.2) is 17.9 Å². The molecule has 0 amide bonds. The van der Waals surface area contributed by atoms with Gasteiger partial charge in [-0.3, -0.25) is 4.79 Å². The SMILES string of the molecule is Cc1cc(C(=O)c2c(C)nn(C)c2OC(=O)c2ccc(C(F)(F)F)cc2)c(C)c(C)c1S(C)(=O)=O. The average molecular weight is 509 g/mol. The Morgan fingerprint density at radius 3 is 2.09 bits per heavy atom. The molecule has 0 N–H and O–H groups in total. The zero-order chi connectivity index (χ0) is 26.5. The lowest BCUT2D eigenvalue weighted by atomic mass is 9.94. The number of carbonyl (C=O) groups is 2. The van der Waals surface area contributed by atoms with Crippen molar-refractivity contribution < 1.29 is 35.9 Å². The molecule has 0 radical (unpaired) electrons. The van der Waals surface area contributed by atoms with Crippen molar-refractivity contribution in [2.45, 2.75) is 38.8 Å². The van der Waals surface area contributed by atoms with Crippen molar-refractivity contribution in [1.29, 1.82) is 0 Å². The Morgan fingerprint density at radius 1 is 1.00 bits per heavy atom. The molecule has 7 nitrogen and oxygen atoms in total. The summed E-state index contributed by atoms with van der Waals surface area (Å²) in [6, 6.07) is 4.95. The molecule has 0 atom stereocenters. The van der Waals surface area contributed by atoms with Crippen molar-refractivity contribution in [1.82, 2.24) is 9.78 Å². The van der Waals surface area contributed by atoms with Crippen LogP contribution in [0.25, 0.3) is 0 Å². The number of ketones is 1. The van der Waals surface area contributed by atoms with Crippen LogP contribution in [-0.4, -0.2) is 36.2 Å². The maximum atomic E-state index is 13.5. The molecule has 0 saturated carbocycles. The summed E-state index contributed by atoms with van der Waals surface area (Å²) in [7, 11) is -2.08. The molecular weight excluding hydrogens is 485 g/mol. The van der Waals surface area contributed by atoms with E-state index in [2.05, 4.69) is 5.10 Å². The first-order valence-corrected chi connectivity index (χ1v) is 12.2. The third-order valence-corrected chi connectivity index (χ3v) is 7.05. The highest BCUT2D eigenvalue weighted by Crippen LogP contribution is 2.32. The van der Waals surface area contributed by atoms with E-state index in [1.807, 2.05) is 0 Å². The van der Waals surface area contributed by atoms with Crippen LogP contribution >= 0.6 is 0 Å². The van der Waals surface area contributed by atoms with Gasteiger partial charge in [0.15, 0.2) is 9.84 Å². The smallest absolute Gasteiger partial charge is 0.403 e. The Bertz CT molecular complexity index is 1450. The number of nitrogens with zero attached hydrogens (tertiary/aromatic N) is 2. The second-order valence-corrected chi connectivity index (χ2v) is 10.2. The molecule has 1 heterocycles. The molecule has 2 aromatic carbocycles. The van der Waals surface area contributed by atoms with E-state index in [0.717, 1.165) is 30.5 Å². The first-order valence-electron chi connectivity index (χ1n) is 10.3. The molecule has 186 valence electrons. The van der Waals surface area contributed by atoms with Crippen molar-refractivity contribution >= 4 is 21.6 Å². The zero-order valence-electron chi connectivity index (χ0n) is 19.9. The Balaban J connectivity index is 2.04. The van der Waals surface area contributed by atoms with Gasteiger partial charge in [-0.05, 0) is 74.7 Å². The number of hydrogen-bond donors (Lipinski definition) is 0. The van der Waals surface area contributed by atoms with Gasteiger partial charge in [0, 0.05) is 18.9 Å². The van der Waals surface area contributed by atoms with Crippen LogP contribution in [0.3, 0.4) is 0 Å². The first kappa shape index (κ1) is 26.1. The van der Waals surface area contributed by atoms with Gasteiger partial charge in [0.25, 0.3) is 0 Å². The van der Waals surface area contributed by atoms with E-state index in [9.17, 15) is 31.2 Å². The summed E-state index contributed by atoms with van der Waals surface area (Å²) in [6.07, 6.45) is -3.46. The molecule has 0 bridgehead atoms. The minimum absolute atomic E-state index is 0.0123. The molecule has 11 heteroatoms. The normalized spacial score (nSPS) is 12.0. The molecule has 0 aliphatic rings. The molecule has 3 aromatic rings. The average Bonchev–Trinajstić information content (AvgIpc) is 3.01. The number of carbonyl (C=O) groups excluding carboxylic acids is 2. The Labute approximate surface area is 200 Å². The zero-order valence-corrected chi connectivity index (χ0v) is 20.7. The van der Waals surface area contributed by atoms with E-state index in [1.165, 1.54) is 17.8 Å². The fraction of sp³-hybridized carbons (Fsp3) is 0.292. The summed E-state index contributed by atoms with van der Waals surface area (Å²) in [5, 5.41) is 4.16. The second-order valence-electron chi connectivity index (χ2n) is 8.28. The third-order valence-electron chi connectivity index (χ3n) is 5.68. The number of alkyl halides is 3. The first-order chi connectivity index (χ1) is 16.0. The number of halogens is 3. The van der Waals surface area contributed by atoms with Crippen LogP contribution in [-0.2, 0) is 23.1 Å². The van der Waals surface area contributed by atoms with Gasteiger partial charge in [-0.1, -0.05) is 0 Å². The number of ether oxygens (including phenoxy) is 1. The molecule has 1 aromatic heterocycles. The van der Waals surface area contributed by atoms with Crippen LogP contribution in [0.2, 0.25) is 0 Å². The number of sulfone groups is 1. The summed E-state index contributed by atoms with van der Waals surface area (Å²) < 4.78 is 69.4. The highest BCUT2D eigenvalue weighted by molar-refractivity contribution is 7.90. The Morgan fingerprint density at radius 2 is 1.57 bits per heavy atom. The number of hydrogen-bond acceptors (Lipinski definition) is 6. The minimum Gasteiger partial charge on any atom is -0.403 e. The van der Waals surface area contributed by atoms with Crippen molar-refractivity contribution in [2.75, 3.05) is 6.26 Å². The molecular formula is C24H23F3N2O5S. The lowest BCUT2D eigenvalue weighted by molar-refractivity contribution is -0.137. The van der Waals surface area contributed by atoms with Crippen LogP contribution in [0, 0.1) is 27.7 Å². The Kier molecular flexibility index (Phi) is 6.69. The molecule has 35 heavy (non-hydrogen) atoms. The van der Waals surface area contributed by atoms with Gasteiger partial charge < -0.3 is 4.74 Å². The molecule has 3 rings (SSSR count). The number of benzene rings is 2. The highest BCUT2D eigenvalue weighted by atomic mass is 32.2. The Hall–Kier alpha value is -3.47. The van der Waals surface area contributed by atoms with E-state index in [-0.39, 0.29) is 33.2 Å². The summed E-state index contributed by atoms with van der Waals surface area (Å²) in [5.74, 6) is -1.68. The molecule has 0 unspecified atom stereocenters. The van der Waals surface area contributed by atoms with E-state index in [1.54, 1.807) is 27.7 Å². The van der Waals surface area contributed by atoms with Gasteiger partial charge in [-0.2, -0.15) is 18.3 Å². The van der Waals surface area contributed by atoms with Crippen molar-refractivity contribution in [3.63, 3.8) is 0 Å². The molecule has 0 aliphatic heterocycles. The maximum Gasteiger partial charge on any atom is 0.416 e. The van der Waals surface area contributed by atoms with Gasteiger partial charge in [0.2, 0.25) is 11.7 Å². The number of aryl methyl sites for hydroxylation is 3. The molecule has 0 aliphatic carbocycles. The summed E-state index contributed by atoms with van der Waals surface area (Å²) >= 11 is 0. The van der Waals surface area contributed by atoms with Crippen LogP contribution < -0.4 is 4.74 Å². The van der Waals surface area contributed by atoms with Gasteiger partial charge in [0.05, 0.1) is 21.7 Å². The summed E-state index contributed by atoms with van der Waals surface area (Å²) in [6.45, 7) is 6.36. The largest absolute Gasteiger partial charge is 0.416 e. The monoisotopic (exact) mass is 508 g/mol. The third kappa shape index (κ3) is 5.00. The fourth-order valence-corrected chi connectivity index (χ4v) is 5.31. The number of esters is 1. The second kappa shape index (κ2) is 8.95. The summed E-state index contributed by atoms with van der Waals surface area (Å²) in [4.78, 5) is 26.3. The van der Waals surface area contributed by atoms with E-state index in [4.69, 9.17) is 4.74 Å². The predicted molar refractivity (Wildman–Crippen MR) is 122 cm³/mol. The van der Waals surface area contributed by atoms with Crippen molar-refractivity contribution in [3.05, 3.63) is 75.0 Å². The van der Waals surface area contributed by atoms with E-state index < -0.39 is 33.3 Å². The van der Waals surface area contributed by atoms with Crippen molar-refractivity contribution in [3.8, 4) is 5.88 Å². The standard InChI is InChI=1S/C24H23F3N2O5S/c1-12-11-18(13(2)14(3)21(12)35(6,32)33)20(30)19-15(4)28-29(5)22(19)34-23(31)16-7-9-17(10-8-16)24(25,26)27/h7-11H,1-6H3. The van der Waals surface area contributed by atoms with Gasteiger partial charge in [-0.15, -0.1) is 0 Å². The summed E-state index contributed by atoms with van der Waals surface area (Å²) in [5.41, 5.74) is 0.677. The van der Waals surface area contributed by atoms with Gasteiger partial charge >= 0.3 is 12.1 Å². The van der Waals surface area contributed by atoms with Crippen LogP contribution in [0.15, 0.2) is 35.2 Å². The lowest BCUT2D eigenvalue weighted by Crippen LogP contribution is -2.16.